The molecule has 1 saturated carbocycles. The molecule has 3 aliphatic rings. The Hall–Kier alpha value is -2.63. The third-order valence-corrected chi connectivity index (χ3v) is 7.39. The molecular formula is C24H29N3O3. The van der Waals surface area contributed by atoms with Gasteiger partial charge in [0.25, 0.3) is 0 Å². The number of rotatable bonds is 4. The fourth-order valence-corrected chi connectivity index (χ4v) is 5.69. The van der Waals surface area contributed by atoms with Crippen molar-refractivity contribution in [2.45, 2.75) is 50.9 Å². The molecule has 30 heavy (non-hydrogen) atoms. The third-order valence-electron chi connectivity index (χ3n) is 7.39. The van der Waals surface area contributed by atoms with Crippen molar-refractivity contribution in [1.29, 1.82) is 0 Å². The van der Waals surface area contributed by atoms with Gasteiger partial charge >= 0.3 is 0 Å². The SMILES string of the molecule is O=C(CCN1C(=O)C2CCCCC2C1=O)N1CCC(c2c[nH]c3ccccc23)CC1. The Bertz CT molecular complexity index is 949. The van der Waals surface area contributed by atoms with E-state index in [2.05, 4.69) is 29.4 Å². The molecule has 5 rings (SSSR count). The summed E-state index contributed by atoms with van der Waals surface area (Å²) in [6.45, 7) is 1.71. The summed E-state index contributed by atoms with van der Waals surface area (Å²) in [5, 5.41) is 1.27. The smallest absolute Gasteiger partial charge is 0.233 e. The van der Waals surface area contributed by atoms with E-state index in [9.17, 15) is 14.4 Å². The van der Waals surface area contributed by atoms with Crippen molar-refractivity contribution in [3.05, 3.63) is 36.0 Å². The number of amides is 3. The number of benzene rings is 1. The number of likely N-dealkylation sites (tertiary alicyclic amines) is 2. The Morgan fingerprint density at radius 2 is 1.63 bits per heavy atom. The zero-order valence-electron chi connectivity index (χ0n) is 17.3. The number of nitrogens with one attached hydrogen (secondary N) is 1. The van der Waals surface area contributed by atoms with Crippen LogP contribution in [0.1, 0.15) is 56.4 Å². The summed E-state index contributed by atoms with van der Waals surface area (Å²) in [6.07, 6.45) is 7.93. The fraction of sp³-hybridized carbons (Fsp3) is 0.542. The Morgan fingerprint density at radius 1 is 0.967 bits per heavy atom. The van der Waals surface area contributed by atoms with Gasteiger partial charge in [0.2, 0.25) is 17.7 Å². The Labute approximate surface area is 176 Å². The number of hydrogen-bond acceptors (Lipinski definition) is 3. The third kappa shape index (κ3) is 3.32. The lowest BCUT2D eigenvalue weighted by atomic mass is 9.81. The van der Waals surface area contributed by atoms with E-state index in [-0.39, 0.29) is 42.5 Å². The number of fused-ring (bicyclic) bond motifs is 2. The summed E-state index contributed by atoms with van der Waals surface area (Å²) in [5.74, 6) is 0.158. The van der Waals surface area contributed by atoms with Gasteiger partial charge in [-0.2, -0.15) is 0 Å². The van der Waals surface area contributed by atoms with Gasteiger partial charge in [-0.25, -0.2) is 0 Å². The molecule has 2 aliphatic heterocycles. The molecule has 3 heterocycles. The van der Waals surface area contributed by atoms with E-state index in [1.807, 2.05) is 11.0 Å². The minimum Gasteiger partial charge on any atom is -0.361 e. The number of para-hydroxylation sites is 1. The summed E-state index contributed by atoms with van der Waals surface area (Å²) in [5.41, 5.74) is 2.50. The predicted octanol–water partition coefficient (Wildman–Crippen LogP) is 3.44. The van der Waals surface area contributed by atoms with E-state index in [0.717, 1.165) is 57.1 Å². The number of imide groups is 1. The van der Waals surface area contributed by atoms with Crippen LogP contribution in [0.25, 0.3) is 10.9 Å². The minimum absolute atomic E-state index is 0.0458. The number of aromatic amines is 1. The predicted molar refractivity (Wildman–Crippen MR) is 114 cm³/mol. The van der Waals surface area contributed by atoms with Gasteiger partial charge in [0.1, 0.15) is 0 Å². The van der Waals surface area contributed by atoms with Crippen LogP contribution < -0.4 is 0 Å². The Kier molecular flexibility index (Phi) is 5.09. The second-order valence-electron chi connectivity index (χ2n) is 9.02. The highest BCUT2D eigenvalue weighted by Crippen LogP contribution is 2.38. The van der Waals surface area contributed by atoms with Crippen molar-refractivity contribution in [1.82, 2.24) is 14.8 Å². The summed E-state index contributed by atoms with van der Waals surface area (Å²) in [6, 6.07) is 8.35. The van der Waals surface area contributed by atoms with E-state index < -0.39 is 0 Å². The fourth-order valence-electron chi connectivity index (χ4n) is 5.69. The molecule has 0 radical (unpaired) electrons. The maximum Gasteiger partial charge on any atom is 0.233 e. The number of aromatic nitrogens is 1. The summed E-state index contributed by atoms with van der Waals surface area (Å²) in [4.78, 5) is 44.6. The molecular weight excluding hydrogens is 378 g/mol. The first kappa shape index (κ1) is 19.3. The first-order valence-corrected chi connectivity index (χ1v) is 11.3. The first-order chi connectivity index (χ1) is 14.6. The first-order valence-electron chi connectivity index (χ1n) is 11.3. The van der Waals surface area contributed by atoms with Gasteiger partial charge in [0.15, 0.2) is 0 Å². The normalized spacial score (nSPS) is 25.2. The van der Waals surface area contributed by atoms with Gasteiger partial charge in [-0.05, 0) is 43.2 Å². The van der Waals surface area contributed by atoms with Crippen LogP contribution in [0.4, 0.5) is 0 Å². The van der Waals surface area contributed by atoms with Gasteiger partial charge < -0.3 is 9.88 Å². The maximum absolute atomic E-state index is 12.8. The van der Waals surface area contributed by atoms with E-state index >= 15 is 0 Å². The van der Waals surface area contributed by atoms with Crippen LogP contribution in [0.15, 0.2) is 30.5 Å². The second kappa shape index (κ2) is 7.89. The highest BCUT2D eigenvalue weighted by molar-refractivity contribution is 6.05. The highest BCUT2D eigenvalue weighted by atomic mass is 16.2. The summed E-state index contributed by atoms with van der Waals surface area (Å²) >= 11 is 0. The van der Waals surface area contributed by atoms with E-state index in [0.29, 0.717) is 5.92 Å². The summed E-state index contributed by atoms with van der Waals surface area (Å²) in [7, 11) is 0. The molecule has 2 aromatic rings. The molecule has 0 bridgehead atoms. The zero-order valence-corrected chi connectivity index (χ0v) is 17.3. The maximum atomic E-state index is 12.8. The van der Waals surface area contributed by atoms with Crippen molar-refractivity contribution in [2.24, 2.45) is 11.8 Å². The zero-order chi connectivity index (χ0) is 20.7. The Balaban J connectivity index is 1.16. The standard InChI is InChI=1S/C24H29N3O3/c28-22(11-14-27-23(29)18-6-1-2-7-19(18)24(27)30)26-12-9-16(10-13-26)20-15-25-21-8-4-3-5-17(20)21/h3-5,8,15-16,18-19,25H,1-2,6-7,9-14H2. The average molecular weight is 408 g/mol. The lowest BCUT2D eigenvalue weighted by Gasteiger charge is -2.32. The molecule has 3 amide bonds. The molecule has 6 heteroatoms. The number of hydrogen-bond donors (Lipinski definition) is 1. The van der Waals surface area contributed by atoms with Crippen LogP contribution in [0.3, 0.4) is 0 Å². The lowest BCUT2D eigenvalue weighted by Crippen LogP contribution is -2.40. The lowest BCUT2D eigenvalue weighted by molar-refractivity contribution is -0.141. The van der Waals surface area contributed by atoms with Crippen LogP contribution in [0.2, 0.25) is 0 Å². The topological polar surface area (TPSA) is 73.5 Å². The van der Waals surface area contributed by atoms with E-state index in [1.165, 1.54) is 15.8 Å². The quantitative estimate of drug-likeness (QED) is 0.789. The van der Waals surface area contributed by atoms with Crippen molar-refractivity contribution in [3.63, 3.8) is 0 Å². The second-order valence-corrected chi connectivity index (χ2v) is 9.02. The molecule has 158 valence electrons. The average Bonchev–Trinajstić information content (AvgIpc) is 3.32. The van der Waals surface area contributed by atoms with Crippen molar-refractivity contribution >= 4 is 28.6 Å². The van der Waals surface area contributed by atoms with Gasteiger partial charge in [-0.3, -0.25) is 19.3 Å². The molecule has 1 aliphatic carbocycles. The molecule has 2 unspecified atom stereocenters. The highest BCUT2D eigenvalue weighted by Gasteiger charge is 2.47. The Morgan fingerprint density at radius 3 is 2.33 bits per heavy atom. The molecule has 0 spiro atoms. The number of H-pyrrole nitrogens is 1. The molecule has 6 nitrogen and oxygen atoms in total. The number of carbonyl (C=O) groups excluding carboxylic acids is 3. The number of piperidine rings is 1. The van der Waals surface area contributed by atoms with Crippen molar-refractivity contribution in [3.8, 4) is 0 Å². The van der Waals surface area contributed by atoms with E-state index in [4.69, 9.17) is 0 Å². The van der Waals surface area contributed by atoms with Crippen molar-refractivity contribution in [2.75, 3.05) is 19.6 Å². The summed E-state index contributed by atoms with van der Waals surface area (Å²) < 4.78 is 0. The van der Waals surface area contributed by atoms with Crippen LogP contribution in [-0.4, -0.2) is 52.1 Å². The molecule has 1 aromatic heterocycles. The van der Waals surface area contributed by atoms with Crippen LogP contribution >= 0.6 is 0 Å². The van der Waals surface area contributed by atoms with Crippen LogP contribution in [0.5, 0.6) is 0 Å². The number of nitrogens with zero attached hydrogens (tertiary/aromatic N) is 2. The minimum atomic E-state index is -0.131. The van der Waals surface area contributed by atoms with Crippen LogP contribution in [-0.2, 0) is 14.4 Å². The van der Waals surface area contributed by atoms with Gasteiger partial charge in [0.05, 0.1) is 11.8 Å². The van der Waals surface area contributed by atoms with Gasteiger partial charge in [0, 0.05) is 43.2 Å². The molecule has 1 aromatic carbocycles. The molecule has 1 N–H and O–H groups in total. The molecule has 3 fully saturated rings. The number of carbonyl (C=O) groups is 3. The monoisotopic (exact) mass is 407 g/mol. The van der Waals surface area contributed by atoms with Crippen molar-refractivity contribution < 1.29 is 14.4 Å². The molecule has 2 atom stereocenters. The van der Waals surface area contributed by atoms with E-state index in [1.54, 1.807) is 0 Å². The molecule has 2 saturated heterocycles. The van der Waals surface area contributed by atoms with Gasteiger partial charge in [-0.1, -0.05) is 31.0 Å². The largest absolute Gasteiger partial charge is 0.361 e. The van der Waals surface area contributed by atoms with Crippen LogP contribution in [0, 0.1) is 11.8 Å². The van der Waals surface area contributed by atoms with Gasteiger partial charge in [-0.15, -0.1) is 0 Å².